The summed E-state index contributed by atoms with van der Waals surface area (Å²) >= 11 is 0. The number of nitrogens with one attached hydrogen (secondary N) is 1. The normalized spacial score (nSPS) is 20.8. The first kappa shape index (κ1) is 35.0. The number of ether oxygens (including phenoxy) is 2. The summed E-state index contributed by atoms with van der Waals surface area (Å²) in [6.07, 6.45) is 7.36. The molecule has 1 aliphatic heterocycles. The molecule has 3 aromatic rings. The average molecular weight is 657 g/mol. The van der Waals surface area contributed by atoms with Crippen LogP contribution in [0, 0.1) is 5.92 Å². The molecule has 0 bridgehead atoms. The molecule has 0 saturated heterocycles. The van der Waals surface area contributed by atoms with Gasteiger partial charge in [-0.25, -0.2) is 13.4 Å². The van der Waals surface area contributed by atoms with Crippen molar-refractivity contribution in [3.8, 4) is 5.75 Å². The number of anilines is 1. The SMILES string of the molecule is C[C@H](CO)N1C[C@H](C)[C@H](CN(C)S(=O)(=O)c2cn(C)cn2)OCCCC[C@H](C)Oc2ccc(NC(=O)c3ccncc3)cc2C1=O. The molecule has 1 aromatic carbocycles. The lowest BCUT2D eigenvalue weighted by Gasteiger charge is -2.35. The first-order chi connectivity index (χ1) is 21.9. The highest BCUT2D eigenvalue weighted by molar-refractivity contribution is 7.89. The third-order valence-corrected chi connectivity index (χ3v) is 9.75. The molecule has 2 N–H and O–H groups in total. The van der Waals surface area contributed by atoms with Crippen molar-refractivity contribution >= 4 is 27.5 Å². The quantitative estimate of drug-likeness (QED) is 0.372. The Labute approximate surface area is 270 Å². The Kier molecular flexibility index (Phi) is 11.9. The lowest BCUT2D eigenvalue weighted by atomic mass is 10.0. The van der Waals surface area contributed by atoms with Gasteiger partial charge in [0.1, 0.15) is 5.75 Å². The number of aliphatic hydroxyl groups is 1. The van der Waals surface area contributed by atoms with E-state index >= 15 is 0 Å². The zero-order valence-electron chi connectivity index (χ0n) is 27.0. The zero-order valence-corrected chi connectivity index (χ0v) is 27.8. The largest absolute Gasteiger partial charge is 0.490 e. The van der Waals surface area contributed by atoms with E-state index in [1.807, 2.05) is 13.8 Å². The number of aliphatic hydroxyl groups excluding tert-OH is 1. The Morgan fingerprint density at radius 1 is 1.20 bits per heavy atom. The molecule has 0 spiro atoms. The fourth-order valence-corrected chi connectivity index (χ4v) is 6.35. The number of aromatic nitrogens is 3. The Morgan fingerprint density at radius 3 is 2.61 bits per heavy atom. The maximum absolute atomic E-state index is 14.3. The summed E-state index contributed by atoms with van der Waals surface area (Å²) in [4.78, 5) is 36.7. The molecule has 0 radical (unpaired) electrons. The van der Waals surface area contributed by atoms with Crippen molar-refractivity contribution in [2.45, 2.75) is 63.3 Å². The third kappa shape index (κ3) is 8.69. The van der Waals surface area contributed by atoms with Crippen molar-refractivity contribution in [3.63, 3.8) is 0 Å². The van der Waals surface area contributed by atoms with Crippen molar-refractivity contribution in [3.05, 3.63) is 66.4 Å². The highest BCUT2D eigenvalue weighted by Gasteiger charge is 2.33. The molecular weight excluding hydrogens is 612 g/mol. The zero-order chi connectivity index (χ0) is 33.4. The molecule has 0 fully saturated rings. The molecule has 1 aliphatic rings. The van der Waals surface area contributed by atoms with Gasteiger partial charge >= 0.3 is 0 Å². The number of imidazole rings is 1. The van der Waals surface area contributed by atoms with Gasteiger partial charge in [0.05, 0.1) is 36.7 Å². The molecule has 0 unspecified atom stereocenters. The van der Waals surface area contributed by atoms with E-state index in [0.717, 1.165) is 12.8 Å². The van der Waals surface area contributed by atoms with E-state index in [0.29, 0.717) is 30.0 Å². The molecular formula is C32H44N6O7S. The van der Waals surface area contributed by atoms with E-state index in [1.54, 1.807) is 53.8 Å². The number of fused-ring (bicyclic) bond motifs is 1. The summed E-state index contributed by atoms with van der Waals surface area (Å²) in [6.45, 7) is 5.86. The molecule has 4 atom stereocenters. The predicted molar refractivity (Wildman–Crippen MR) is 172 cm³/mol. The fourth-order valence-electron chi connectivity index (χ4n) is 5.20. The minimum absolute atomic E-state index is 0.0386. The summed E-state index contributed by atoms with van der Waals surface area (Å²) in [7, 11) is -0.696. The van der Waals surface area contributed by atoms with Crippen LogP contribution in [0.3, 0.4) is 0 Å². The number of hydrogen-bond donors (Lipinski definition) is 2. The number of nitrogens with zero attached hydrogens (tertiary/aromatic N) is 5. The molecule has 0 saturated carbocycles. The van der Waals surface area contributed by atoms with E-state index in [2.05, 4.69) is 15.3 Å². The summed E-state index contributed by atoms with van der Waals surface area (Å²) in [5.74, 6) is -0.724. The molecule has 2 aromatic heterocycles. The van der Waals surface area contributed by atoms with E-state index in [1.165, 1.54) is 36.3 Å². The fraction of sp³-hybridized carbons (Fsp3) is 0.500. The monoisotopic (exact) mass is 656 g/mol. The van der Waals surface area contributed by atoms with Crippen molar-refractivity contribution < 1.29 is 32.6 Å². The Hall–Kier alpha value is -3.85. The number of amides is 2. The smallest absolute Gasteiger partial charge is 0.261 e. The van der Waals surface area contributed by atoms with Gasteiger partial charge < -0.3 is 29.4 Å². The topological polar surface area (TPSA) is 156 Å². The Morgan fingerprint density at radius 2 is 1.93 bits per heavy atom. The van der Waals surface area contributed by atoms with Crippen LogP contribution in [-0.4, -0.2) is 101 Å². The number of benzene rings is 1. The lowest BCUT2D eigenvalue weighted by Crippen LogP contribution is -2.48. The van der Waals surface area contributed by atoms with E-state index in [4.69, 9.17) is 9.47 Å². The number of likely N-dealkylation sites (N-methyl/N-ethyl adjacent to an activating group) is 1. The Bertz CT molecular complexity index is 1580. The second-order valence-electron chi connectivity index (χ2n) is 11.9. The summed E-state index contributed by atoms with van der Waals surface area (Å²) < 4.78 is 41.9. The van der Waals surface area contributed by atoms with Crippen LogP contribution >= 0.6 is 0 Å². The van der Waals surface area contributed by atoms with Crippen LogP contribution in [-0.2, 0) is 21.8 Å². The first-order valence-corrected chi connectivity index (χ1v) is 16.8. The molecule has 46 heavy (non-hydrogen) atoms. The highest BCUT2D eigenvalue weighted by atomic mass is 32.2. The lowest BCUT2D eigenvalue weighted by molar-refractivity contribution is -0.00835. The van der Waals surface area contributed by atoms with Gasteiger partial charge in [0.25, 0.3) is 21.8 Å². The number of hydrogen-bond acceptors (Lipinski definition) is 9. The minimum atomic E-state index is -3.88. The van der Waals surface area contributed by atoms with Crippen molar-refractivity contribution in [1.82, 2.24) is 23.7 Å². The van der Waals surface area contributed by atoms with Crippen LogP contribution in [0.5, 0.6) is 5.75 Å². The average Bonchev–Trinajstić information content (AvgIpc) is 3.49. The maximum Gasteiger partial charge on any atom is 0.261 e. The second-order valence-corrected chi connectivity index (χ2v) is 13.9. The summed E-state index contributed by atoms with van der Waals surface area (Å²) in [6, 6.07) is 7.54. The predicted octanol–water partition coefficient (Wildman–Crippen LogP) is 3.18. The number of rotatable bonds is 8. The standard InChI is InChI=1S/C32H44N6O7S/c1-22-17-38(23(2)20-39)32(41)27-16-26(35-31(40)25-11-13-33-14-12-25)9-10-28(27)45-24(3)8-6-7-15-44-29(22)18-37(5)46(42,43)30-19-36(4)21-34-30/h9-14,16,19,21-24,29,39H,6-8,15,17-18,20H2,1-5H3,(H,35,40)/t22-,23+,24-,29-/m0/s1. The maximum atomic E-state index is 14.3. The van der Waals surface area contributed by atoms with Crippen molar-refractivity contribution in [2.75, 3.05) is 38.7 Å². The van der Waals surface area contributed by atoms with Crippen LogP contribution < -0.4 is 10.1 Å². The van der Waals surface area contributed by atoms with Crippen LogP contribution in [0.25, 0.3) is 0 Å². The van der Waals surface area contributed by atoms with Crippen LogP contribution in [0.15, 0.2) is 60.3 Å². The van der Waals surface area contributed by atoms with Gasteiger partial charge in [-0.15, -0.1) is 0 Å². The van der Waals surface area contributed by atoms with Crippen molar-refractivity contribution in [2.24, 2.45) is 13.0 Å². The van der Waals surface area contributed by atoms with Gasteiger partial charge in [0.2, 0.25) is 0 Å². The van der Waals surface area contributed by atoms with Gasteiger partial charge in [-0.2, -0.15) is 4.31 Å². The van der Waals surface area contributed by atoms with E-state index < -0.39 is 28.1 Å². The number of carbonyl (C=O) groups excluding carboxylic acids is 2. The van der Waals surface area contributed by atoms with Crippen molar-refractivity contribution in [1.29, 1.82) is 0 Å². The van der Waals surface area contributed by atoms with Gasteiger partial charge in [-0.1, -0.05) is 6.92 Å². The number of pyridine rings is 1. The molecule has 13 nitrogen and oxygen atoms in total. The number of aryl methyl sites for hydroxylation is 1. The van der Waals surface area contributed by atoms with Crippen LogP contribution in [0.4, 0.5) is 5.69 Å². The molecule has 0 aliphatic carbocycles. The number of carbonyl (C=O) groups is 2. The molecule has 250 valence electrons. The van der Waals surface area contributed by atoms with Gasteiger partial charge in [0, 0.05) is 69.6 Å². The van der Waals surface area contributed by atoms with Crippen LogP contribution in [0.2, 0.25) is 0 Å². The molecule has 4 rings (SSSR count). The van der Waals surface area contributed by atoms with Gasteiger partial charge in [0.15, 0.2) is 5.03 Å². The molecule has 2 amide bonds. The summed E-state index contributed by atoms with van der Waals surface area (Å²) in [5, 5.41) is 13.0. The van der Waals surface area contributed by atoms with Crippen LogP contribution in [0.1, 0.15) is 60.7 Å². The van der Waals surface area contributed by atoms with E-state index in [-0.39, 0.29) is 48.2 Å². The second kappa shape index (κ2) is 15.6. The minimum Gasteiger partial charge on any atom is -0.490 e. The third-order valence-electron chi connectivity index (χ3n) is 8.04. The Balaban J connectivity index is 1.65. The highest BCUT2D eigenvalue weighted by Crippen LogP contribution is 2.29. The molecule has 14 heteroatoms. The van der Waals surface area contributed by atoms with E-state index in [9.17, 15) is 23.1 Å². The summed E-state index contributed by atoms with van der Waals surface area (Å²) in [5.41, 5.74) is 1.05. The first-order valence-electron chi connectivity index (χ1n) is 15.4. The number of sulfonamides is 1. The molecule has 3 heterocycles. The van der Waals surface area contributed by atoms with Gasteiger partial charge in [-0.3, -0.25) is 14.6 Å². The van der Waals surface area contributed by atoms with Gasteiger partial charge in [-0.05, 0) is 63.4 Å².